The third-order valence-corrected chi connectivity index (χ3v) is 3.39. The van der Waals surface area contributed by atoms with E-state index in [-0.39, 0.29) is 6.04 Å². The highest BCUT2D eigenvalue weighted by Crippen LogP contribution is 2.22. The van der Waals surface area contributed by atoms with Gasteiger partial charge < -0.3 is 5.32 Å². The zero-order valence-electron chi connectivity index (χ0n) is 11.4. The number of rotatable bonds is 4. The Kier molecular flexibility index (Phi) is 3.77. The number of benzene rings is 1. The fourth-order valence-corrected chi connectivity index (χ4v) is 2.47. The van der Waals surface area contributed by atoms with E-state index >= 15 is 0 Å². The molecule has 96 valence electrons. The van der Waals surface area contributed by atoms with Crippen LogP contribution in [0.5, 0.6) is 0 Å². The van der Waals surface area contributed by atoms with Crippen LogP contribution in [0, 0.1) is 20.8 Å². The number of likely N-dealkylation sites (N-methyl/N-ethyl adjacent to an activating group) is 1. The molecule has 0 bridgehead atoms. The SMILES string of the molecule is CNC(Cc1c(C)cc(C)cc1C)c1cn[nH]n1. The Bertz CT molecular complexity index is 494. The number of aromatic nitrogens is 3. The zero-order chi connectivity index (χ0) is 13.1. The van der Waals surface area contributed by atoms with Gasteiger partial charge >= 0.3 is 0 Å². The summed E-state index contributed by atoms with van der Waals surface area (Å²) in [5, 5.41) is 14.0. The molecule has 0 amide bonds. The average Bonchev–Trinajstić information content (AvgIpc) is 2.81. The highest BCUT2D eigenvalue weighted by atomic mass is 15.3. The molecule has 0 saturated carbocycles. The number of H-pyrrole nitrogens is 1. The minimum atomic E-state index is 0.198. The molecule has 0 aliphatic carbocycles. The highest BCUT2D eigenvalue weighted by Gasteiger charge is 2.15. The van der Waals surface area contributed by atoms with E-state index in [2.05, 4.69) is 53.6 Å². The van der Waals surface area contributed by atoms with Crippen LogP contribution >= 0.6 is 0 Å². The van der Waals surface area contributed by atoms with Gasteiger partial charge in [0.05, 0.1) is 17.9 Å². The van der Waals surface area contributed by atoms with E-state index in [1.807, 2.05) is 7.05 Å². The van der Waals surface area contributed by atoms with E-state index in [1.54, 1.807) is 6.20 Å². The summed E-state index contributed by atoms with van der Waals surface area (Å²) < 4.78 is 0. The summed E-state index contributed by atoms with van der Waals surface area (Å²) in [6, 6.07) is 4.67. The Balaban J connectivity index is 2.28. The Hall–Kier alpha value is -1.68. The summed E-state index contributed by atoms with van der Waals surface area (Å²) in [5.41, 5.74) is 6.35. The van der Waals surface area contributed by atoms with E-state index in [1.165, 1.54) is 22.3 Å². The molecule has 0 fully saturated rings. The third kappa shape index (κ3) is 2.59. The summed E-state index contributed by atoms with van der Waals surface area (Å²) in [6.45, 7) is 6.48. The molecule has 2 aromatic rings. The molecule has 1 aromatic heterocycles. The number of nitrogens with zero attached hydrogens (tertiary/aromatic N) is 2. The first-order valence-electron chi connectivity index (χ1n) is 6.21. The molecule has 1 atom stereocenters. The molecule has 1 heterocycles. The Morgan fingerprint density at radius 1 is 1.22 bits per heavy atom. The second-order valence-corrected chi connectivity index (χ2v) is 4.82. The van der Waals surface area contributed by atoms with Crippen molar-refractivity contribution in [2.24, 2.45) is 0 Å². The van der Waals surface area contributed by atoms with Crippen molar-refractivity contribution < 1.29 is 0 Å². The Morgan fingerprint density at radius 3 is 2.39 bits per heavy atom. The standard InChI is InChI=1S/C14H20N4/c1-9-5-10(2)12(11(3)6-9)7-13(15-4)14-8-16-18-17-14/h5-6,8,13,15H,7H2,1-4H3,(H,16,17,18). The van der Waals surface area contributed by atoms with Crippen molar-refractivity contribution in [3.8, 4) is 0 Å². The van der Waals surface area contributed by atoms with Gasteiger partial charge in [0.1, 0.15) is 0 Å². The molecule has 4 nitrogen and oxygen atoms in total. The van der Waals surface area contributed by atoms with Crippen molar-refractivity contribution in [3.63, 3.8) is 0 Å². The number of hydrogen-bond acceptors (Lipinski definition) is 3. The lowest BCUT2D eigenvalue weighted by molar-refractivity contribution is 0.571. The van der Waals surface area contributed by atoms with Crippen LogP contribution in [-0.2, 0) is 6.42 Å². The summed E-state index contributed by atoms with van der Waals surface area (Å²) in [5.74, 6) is 0. The van der Waals surface area contributed by atoms with Crippen LogP contribution < -0.4 is 5.32 Å². The van der Waals surface area contributed by atoms with Crippen LogP contribution in [0.1, 0.15) is 34.0 Å². The number of aromatic amines is 1. The molecule has 0 aliphatic rings. The molecule has 1 aromatic carbocycles. The van der Waals surface area contributed by atoms with Gasteiger partial charge in [0.25, 0.3) is 0 Å². The average molecular weight is 244 g/mol. The Morgan fingerprint density at radius 2 is 1.89 bits per heavy atom. The van der Waals surface area contributed by atoms with E-state index in [4.69, 9.17) is 0 Å². The normalized spacial score (nSPS) is 12.7. The van der Waals surface area contributed by atoms with Gasteiger partial charge in [0, 0.05) is 0 Å². The molecule has 2 N–H and O–H groups in total. The summed E-state index contributed by atoms with van der Waals surface area (Å²) in [7, 11) is 1.96. The minimum absolute atomic E-state index is 0.198. The van der Waals surface area contributed by atoms with Crippen LogP contribution in [0.15, 0.2) is 18.3 Å². The van der Waals surface area contributed by atoms with Gasteiger partial charge in [0.15, 0.2) is 0 Å². The quantitative estimate of drug-likeness (QED) is 0.867. The predicted molar refractivity (Wildman–Crippen MR) is 72.5 cm³/mol. The van der Waals surface area contributed by atoms with Crippen LogP contribution in [0.3, 0.4) is 0 Å². The largest absolute Gasteiger partial charge is 0.311 e. The lowest BCUT2D eigenvalue weighted by Gasteiger charge is -2.17. The molecule has 0 saturated heterocycles. The molecule has 1 unspecified atom stereocenters. The van der Waals surface area contributed by atoms with Crippen LogP contribution in [-0.4, -0.2) is 22.5 Å². The Labute approximate surface area is 108 Å². The van der Waals surface area contributed by atoms with Crippen molar-refractivity contribution in [1.82, 2.24) is 20.7 Å². The first-order chi connectivity index (χ1) is 8.61. The van der Waals surface area contributed by atoms with Crippen molar-refractivity contribution in [2.45, 2.75) is 33.2 Å². The molecule has 2 rings (SSSR count). The van der Waals surface area contributed by atoms with Gasteiger partial charge in [-0.3, -0.25) is 0 Å². The van der Waals surface area contributed by atoms with Gasteiger partial charge in [-0.15, -0.1) is 0 Å². The van der Waals surface area contributed by atoms with Crippen LogP contribution in [0.2, 0.25) is 0 Å². The maximum absolute atomic E-state index is 4.16. The fraction of sp³-hybridized carbons (Fsp3) is 0.429. The summed E-state index contributed by atoms with van der Waals surface area (Å²) >= 11 is 0. The first-order valence-corrected chi connectivity index (χ1v) is 6.21. The molecule has 18 heavy (non-hydrogen) atoms. The highest BCUT2D eigenvalue weighted by molar-refractivity contribution is 5.38. The maximum atomic E-state index is 4.16. The molecule has 0 aliphatic heterocycles. The van der Waals surface area contributed by atoms with Gasteiger partial charge in [-0.2, -0.15) is 15.4 Å². The topological polar surface area (TPSA) is 53.6 Å². The van der Waals surface area contributed by atoms with E-state index < -0.39 is 0 Å². The number of aryl methyl sites for hydroxylation is 3. The van der Waals surface area contributed by atoms with Gasteiger partial charge in [-0.1, -0.05) is 17.7 Å². The molecule has 4 heteroatoms. The van der Waals surface area contributed by atoms with E-state index in [0.717, 1.165) is 12.1 Å². The molecule has 0 radical (unpaired) electrons. The monoisotopic (exact) mass is 244 g/mol. The lowest BCUT2D eigenvalue weighted by atomic mass is 9.93. The van der Waals surface area contributed by atoms with E-state index in [9.17, 15) is 0 Å². The smallest absolute Gasteiger partial charge is 0.0997 e. The molecular formula is C14H20N4. The fourth-order valence-electron chi connectivity index (χ4n) is 2.47. The van der Waals surface area contributed by atoms with E-state index in [0.29, 0.717) is 0 Å². The molecular weight excluding hydrogens is 224 g/mol. The molecule has 0 spiro atoms. The first kappa shape index (κ1) is 12.8. The van der Waals surface area contributed by atoms with Crippen molar-refractivity contribution in [3.05, 3.63) is 46.3 Å². The van der Waals surface area contributed by atoms with Gasteiger partial charge in [-0.05, 0) is 50.9 Å². The maximum Gasteiger partial charge on any atom is 0.0997 e. The summed E-state index contributed by atoms with van der Waals surface area (Å²) in [4.78, 5) is 0. The number of nitrogens with one attached hydrogen (secondary N) is 2. The second kappa shape index (κ2) is 5.31. The van der Waals surface area contributed by atoms with Gasteiger partial charge in [-0.25, -0.2) is 0 Å². The van der Waals surface area contributed by atoms with Gasteiger partial charge in [0.2, 0.25) is 0 Å². The third-order valence-electron chi connectivity index (χ3n) is 3.39. The van der Waals surface area contributed by atoms with Crippen molar-refractivity contribution in [2.75, 3.05) is 7.05 Å². The minimum Gasteiger partial charge on any atom is -0.311 e. The lowest BCUT2D eigenvalue weighted by Crippen LogP contribution is -2.20. The van der Waals surface area contributed by atoms with Crippen molar-refractivity contribution >= 4 is 0 Å². The van der Waals surface area contributed by atoms with Crippen LogP contribution in [0.4, 0.5) is 0 Å². The second-order valence-electron chi connectivity index (χ2n) is 4.82. The predicted octanol–water partition coefficient (Wildman–Crippen LogP) is 2.23. The van der Waals surface area contributed by atoms with Crippen LogP contribution in [0.25, 0.3) is 0 Å². The summed E-state index contributed by atoms with van der Waals surface area (Å²) in [6.07, 6.45) is 2.71. The zero-order valence-corrected chi connectivity index (χ0v) is 11.4. The number of hydrogen-bond donors (Lipinski definition) is 2. The van der Waals surface area contributed by atoms with Crippen molar-refractivity contribution in [1.29, 1.82) is 0 Å².